The monoisotopic (exact) mass is 296 g/mol. The Morgan fingerprint density at radius 3 is 2.91 bits per heavy atom. The number of rotatable bonds is 2. The first kappa shape index (κ1) is 13.4. The number of nitrogens with one attached hydrogen (secondary N) is 1. The lowest BCUT2D eigenvalue weighted by Gasteiger charge is -2.46. The molecule has 1 aromatic heterocycles. The first-order chi connectivity index (χ1) is 10.8. The largest absolute Gasteiger partial charge is 0.365 e. The van der Waals surface area contributed by atoms with E-state index in [1.807, 2.05) is 17.0 Å². The molecule has 0 saturated carbocycles. The van der Waals surface area contributed by atoms with E-state index in [9.17, 15) is 4.79 Å². The van der Waals surface area contributed by atoms with Gasteiger partial charge in [0.1, 0.15) is 0 Å². The molecular weight excluding hydrogens is 276 g/mol. The SMILES string of the molecule is O=C(Cc1ccn[nH]1)N1CC2CCCCN2c2ccccc21. The highest BCUT2D eigenvalue weighted by molar-refractivity contribution is 5.99. The van der Waals surface area contributed by atoms with Crippen LogP contribution in [-0.2, 0) is 11.2 Å². The summed E-state index contributed by atoms with van der Waals surface area (Å²) in [5.41, 5.74) is 3.12. The van der Waals surface area contributed by atoms with E-state index in [2.05, 4.69) is 33.3 Å². The molecule has 2 aliphatic heterocycles. The lowest BCUT2D eigenvalue weighted by atomic mass is 9.96. The number of fused-ring (bicyclic) bond motifs is 3. The average Bonchev–Trinajstić information content (AvgIpc) is 3.07. The third-order valence-corrected chi connectivity index (χ3v) is 4.70. The van der Waals surface area contributed by atoms with Gasteiger partial charge in [0, 0.05) is 31.0 Å². The van der Waals surface area contributed by atoms with Gasteiger partial charge >= 0.3 is 0 Å². The van der Waals surface area contributed by atoms with Gasteiger partial charge in [0.15, 0.2) is 0 Å². The Balaban J connectivity index is 1.65. The number of amides is 1. The summed E-state index contributed by atoms with van der Waals surface area (Å²) in [4.78, 5) is 17.2. The number of nitrogens with zero attached hydrogens (tertiary/aromatic N) is 3. The van der Waals surface area contributed by atoms with Crippen molar-refractivity contribution in [3.8, 4) is 0 Å². The van der Waals surface area contributed by atoms with Gasteiger partial charge in [-0.15, -0.1) is 0 Å². The third-order valence-electron chi connectivity index (χ3n) is 4.70. The summed E-state index contributed by atoms with van der Waals surface area (Å²) in [5.74, 6) is 0.141. The highest BCUT2D eigenvalue weighted by Crippen LogP contribution is 2.38. The molecule has 22 heavy (non-hydrogen) atoms. The Morgan fingerprint density at radius 1 is 1.23 bits per heavy atom. The van der Waals surface area contributed by atoms with Crippen molar-refractivity contribution in [1.29, 1.82) is 0 Å². The molecule has 0 radical (unpaired) electrons. The van der Waals surface area contributed by atoms with Crippen molar-refractivity contribution in [2.24, 2.45) is 0 Å². The Hall–Kier alpha value is -2.30. The standard InChI is InChI=1S/C17H20N4O/c22-17(11-13-8-9-18-19-13)21-12-14-5-3-4-10-20(14)15-6-1-2-7-16(15)21/h1-2,6-9,14H,3-5,10-12H2,(H,18,19). The van der Waals surface area contributed by atoms with Gasteiger partial charge in [-0.1, -0.05) is 12.1 Å². The number of carbonyl (C=O) groups is 1. The molecule has 2 aromatic rings. The summed E-state index contributed by atoms with van der Waals surface area (Å²) in [6.07, 6.45) is 5.73. The van der Waals surface area contributed by atoms with E-state index < -0.39 is 0 Å². The van der Waals surface area contributed by atoms with Crippen LogP contribution in [0.25, 0.3) is 0 Å². The lowest BCUT2D eigenvalue weighted by molar-refractivity contribution is -0.118. The van der Waals surface area contributed by atoms with Gasteiger partial charge in [0.05, 0.1) is 17.8 Å². The summed E-state index contributed by atoms with van der Waals surface area (Å²) in [5, 5.41) is 6.81. The zero-order chi connectivity index (χ0) is 14.9. The molecule has 1 amide bonds. The van der Waals surface area contributed by atoms with Crippen LogP contribution in [0.15, 0.2) is 36.5 Å². The van der Waals surface area contributed by atoms with Crippen LogP contribution in [0.1, 0.15) is 25.0 Å². The van der Waals surface area contributed by atoms with E-state index in [0.717, 1.165) is 24.5 Å². The molecule has 1 saturated heterocycles. The molecule has 0 aliphatic carbocycles. The summed E-state index contributed by atoms with van der Waals surface area (Å²) >= 11 is 0. The molecule has 1 unspecified atom stereocenters. The quantitative estimate of drug-likeness (QED) is 0.925. The molecule has 114 valence electrons. The minimum atomic E-state index is 0.141. The molecule has 0 spiro atoms. The molecule has 1 atom stereocenters. The number of benzene rings is 1. The van der Waals surface area contributed by atoms with E-state index >= 15 is 0 Å². The normalized spacial score (nSPS) is 20.5. The van der Waals surface area contributed by atoms with Crippen molar-refractivity contribution in [3.63, 3.8) is 0 Å². The average molecular weight is 296 g/mol. The van der Waals surface area contributed by atoms with Crippen molar-refractivity contribution in [2.75, 3.05) is 22.9 Å². The molecule has 1 aromatic carbocycles. The third kappa shape index (κ3) is 2.26. The van der Waals surface area contributed by atoms with Gasteiger partial charge in [-0.25, -0.2) is 0 Å². The second kappa shape index (κ2) is 5.48. The maximum atomic E-state index is 12.8. The molecule has 5 heteroatoms. The van der Waals surface area contributed by atoms with E-state index in [0.29, 0.717) is 12.5 Å². The number of hydrogen-bond acceptors (Lipinski definition) is 3. The van der Waals surface area contributed by atoms with Crippen LogP contribution in [-0.4, -0.2) is 35.2 Å². The van der Waals surface area contributed by atoms with Crippen molar-refractivity contribution in [2.45, 2.75) is 31.7 Å². The molecule has 1 N–H and O–H groups in total. The first-order valence-electron chi connectivity index (χ1n) is 7.97. The number of para-hydroxylation sites is 2. The minimum absolute atomic E-state index is 0.141. The smallest absolute Gasteiger partial charge is 0.233 e. The fourth-order valence-electron chi connectivity index (χ4n) is 3.63. The minimum Gasteiger partial charge on any atom is -0.365 e. The second-order valence-corrected chi connectivity index (χ2v) is 6.09. The zero-order valence-corrected chi connectivity index (χ0v) is 12.5. The van der Waals surface area contributed by atoms with Gasteiger partial charge in [-0.05, 0) is 37.5 Å². The Bertz CT molecular complexity index is 667. The van der Waals surface area contributed by atoms with E-state index in [-0.39, 0.29) is 5.91 Å². The number of anilines is 2. The highest BCUT2D eigenvalue weighted by Gasteiger charge is 2.34. The number of carbonyl (C=O) groups excluding carboxylic acids is 1. The van der Waals surface area contributed by atoms with Crippen LogP contribution in [0.5, 0.6) is 0 Å². The molecule has 1 fully saturated rings. The van der Waals surface area contributed by atoms with E-state index in [1.54, 1.807) is 6.20 Å². The maximum Gasteiger partial charge on any atom is 0.233 e. The van der Waals surface area contributed by atoms with Crippen LogP contribution in [0.2, 0.25) is 0 Å². The zero-order valence-electron chi connectivity index (χ0n) is 12.5. The van der Waals surface area contributed by atoms with Gasteiger partial charge in [0.2, 0.25) is 5.91 Å². The summed E-state index contributed by atoms with van der Waals surface area (Å²) < 4.78 is 0. The van der Waals surface area contributed by atoms with Crippen LogP contribution >= 0.6 is 0 Å². The van der Waals surface area contributed by atoms with Gasteiger partial charge in [-0.2, -0.15) is 5.10 Å². The predicted octanol–water partition coefficient (Wildman–Crippen LogP) is 2.36. The van der Waals surface area contributed by atoms with Crippen LogP contribution in [0.3, 0.4) is 0 Å². The fourth-order valence-corrected chi connectivity index (χ4v) is 3.63. The van der Waals surface area contributed by atoms with Crippen LogP contribution in [0.4, 0.5) is 11.4 Å². The summed E-state index contributed by atoms with van der Waals surface area (Å²) in [7, 11) is 0. The van der Waals surface area contributed by atoms with Gasteiger partial charge < -0.3 is 9.80 Å². The van der Waals surface area contributed by atoms with Gasteiger partial charge in [-0.3, -0.25) is 9.89 Å². The number of hydrogen-bond donors (Lipinski definition) is 1. The van der Waals surface area contributed by atoms with E-state index in [4.69, 9.17) is 0 Å². The number of H-pyrrole nitrogens is 1. The molecule has 4 rings (SSSR count). The van der Waals surface area contributed by atoms with Gasteiger partial charge in [0.25, 0.3) is 0 Å². The van der Waals surface area contributed by atoms with Crippen molar-refractivity contribution in [1.82, 2.24) is 10.2 Å². The first-order valence-corrected chi connectivity index (χ1v) is 7.97. The molecule has 2 aliphatic rings. The van der Waals surface area contributed by atoms with Crippen molar-refractivity contribution >= 4 is 17.3 Å². The van der Waals surface area contributed by atoms with E-state index in [1.165, 1.54) is 24.9 Å². The number of aromatic amines is 1. The Labute approximate surface area is 129 Å². The predicted molar refractivity (Wildman–Crippen MR) is 86.1 cm³/mol. The Morgan fingerprint density at radius 2 is 2.09 bits per heavy atom. The molecule has 3 heterocycles. The summed E-state index contributed by atoms with van der Waals surface area (Å²) in [6, 6.07) is 10.6. The Kier molecular flexibility index (Phi) is 3.33. The van der Waals surface area contributed by atoms with Crippen LogP contribution < -0.4 is 9.80 Å². The highest BCUT2D eigenvalue weighted by atomic mass is 16.2. The second-order valence-electron chi connectivity index (χ2n) is 6.09. The number of piperidine rings is 1. The maximum absolute atomic E-state index is 12.8. The van der Waals surface area contributed by atoms with Crippen molar-refractivity contribution in [3.05, 3.63) is 42.2 Å². The topological polar surface area (TPSA) is 52.2 Å². The molecule has 5 nitrogen and oxygen atoms in total. The fraction of sp³-hybridized carbons (Fsp3) is 0.412. The molecule has 0 bridgehead atoms. The lowest BCUT2D eigenvalue weighted by Crippen LogP contribution is -2.53. The number of aromatic nitrogens is 2. The molecular formula is C17H20N4O. The van der Waals surface area contributed by atoms with Crippen LogP contribution in [0, 0.1) is 0 Å². The summed E-state index contributed by atoms with van der Waals surface area (Å²) in [6.45, 7) is 1.90. The van der Waals surface area contributed by atoms with Crippen molar-refractivity contribution < 1.29 is 4.79 Å².